The molecule has 0 aliphatic rings. The molecule has 0 saturated heterocycles. The largest absolute Gasteiger partial charge is 0.319 e. The second-order valence-corrected chi connectivity index (χ2v) is 5.38. The van der Waals surface area contributed by atoms with Crippen LogP contribution in [0.15, 0.2) is 6.07 Å². The van der Waals surface area contributed by atoms with Gasteiger partial charge < -0.3 is 5.73 Å². The smallest absolute Gasteiger partial charge is 0.148 e. The number of aryl methyl sites for hydroxylation is 1. The van der Waals surface area contributed by atoms with Crippen molar-refractivity contribution in [2.24, 2.45) is 5.73 Å². The molecule has 0 spiro atoms. The van der Waals surface area contributed by atoms with E-state index in [1.54, 1.807) is 0 Å². The molecule has 3 nitrogen and oxygen atoms in total. The predicted octanol–water partition coefficient (Wildman–Crippen LogP) is 3.53. The molecule has 1 heterocycles. The van der Waals surface area contributed by atoms with Crippen molar-refractivity contribution in [3.63, 3.8) is 0 Å². The fourth-order valence-corrected chi connectivity index (χ4v) is 1.99. The molecule has 0 aromatic carbocycles. The van der Waals surface area contributed by atoms with Gasteiger partial charge >= 0.3 is 0 Å². The number of nitrogens with zero attached hydrogens (tertiary/aromatic N) is 2. The van der Waals surface area contributed by atoms with Crippen molar-refractivity contribution in [2.75, 3.05) is 0 Å². The van der Waals surface area contributed by atoms with Gasteiger partial charge in [0.25, 0.3) is 0 Å². The van der Waals surface area contributed by atoms with E-state index in [1.165, 1.54) is 0 Å². The first-order valence-electron chi connectivity index (χ1n) is 7.14. The predicted molar refractivity (Wildman–Crippen MR) is 76.6 cm³/mol. The minimum Gasteiger partial charge on any atom is -0.319 e. The van der Waals surface area contributed by atoms with Crippen molar-refractivity contribution in [3.05, 3.63) is 23.3 Å². The van der Waals surface area contributed by atoms with Gasteiger partial charge in [-0.25, -0.2) is 9.97 Å². The number of aromatic nitrogens is 2. The van der Waals surface area contributed by atoms with Crippen LogP contribution in [-0.2, 0) is 12.0 Å². The molecule has 1 aromatic heterocycles. The topological polar surface area (TPSA) is 51.8 Å². The fraction of sp³-hybridized carbons (Fsp3) is 0.733. The first-order valence-corrected chi connectivity index (χ1v) is 7.14. The second kappa shape index (κ2) is 6.28. The summed E-state index contributed by atoms with van der Waals surface area (Å²) in [7, 11) is 0. The van der Waals surface area contributed by atoms with E-state index in [9.17, 15) is 0 Å². The first kappa shape index (κ1) is 15.1. The summed E-state index contributed by atoms with van der Waals surface area (Å²) < 4.78 is 0. The zero-order valence-electron chi connectivity index (χ0n) is 12.5. The maximum Gasteiger partial charge on any atom is 0.148 e. The minimum absolute atomic E-state index is 0.382. The van der Waals surface area contributed by atoms with Crippen LogP contribution in [0.1, 0.15) is 77.0 Å². The number of rotatable bonds is 6. The van der Waals surface area contributed by atoms with Crippen LogP contribution in [-0.4, -0.2) is 9.97 Å². The van der Waals surface area contributed by atoms with Crippen LogP contribution in [0.4, 0.5) is 0 Å². The molecule has 0 bridgehead atoms. The molecule has 1 aromatic rings. The SMILES string of the molecule is CCCc1cc(C(C)C)nc(C(N)(CC)CC)n1. The number of hydrogen-bond acceptors (Lipinski definition) is 3. The molecule has 1 rings (SSSR count). The Hall–Kier alpha value is -0.960. The Morgan fingerprint density at radius 2 is 1.78 bits per heavy atom. The summed E-state index contributed by atoms with van der Waals surface area (Å²) in [5, 5.41) is 0. The van der Waals surface area contributed by atoms with Crippen molar-refractivity contribution in [1.82, 2.24) is 9.97 Å². The first-order chi connectivity index (χ1) is 8.46. The van der Waals surface area contributed by atoms with E-state index in [0.717, 1.165) is 42.9 Å². The van der Waals surface area contributed by atoms with Crippen molar-refractivity contribution < 1.29 is 0 Å². The highest BCUT2D eigenvalue weighted by molar-refractivity contribution is 5.18. The summed E-state index contributed by atoms with van der Waals surface area (Å²) in [5.74, 6) is 1.24. The minimum atomic E-state index is -0.382. The van der Waals surface area contributed by atoms with Gasteiger partial charge in [0, 0.05) is 11.4 Å². The van der Waals surface area contributed by atoms with E-state index < -0.39 is 0 Å². The number of hydrogen-bond donors (Lipinski definition) is 1. The maximum absolute atomic E-state index is 6.43. The van der Waals surface area contributed by atoms with Crippen LogP contribution in [0.3, 0.4) is 0 Å². The second-order valence-electron chi connectivity index (χ2n) is 5.38. The lowest BCUT2D eigenvalue weighted by Gasteiger charge is -2.26. The highest BCUT2D eigenvalue weighted by atomic mass is 15.0. The van der Waals surface area contributed by atoms with Crippen LogP contribution >= 0.6 is 0 Å². The van der Waals surface area contributed by atoms with Crippen molar-refractivity contribution >= 4 is 0 Å². The summed E-state index contributed by atoms with van der Waals surface area (Å²) in [6.07, 6.45) is 3.84. The average Bonchev–Trinajstić information content (AvgIpc) is 2.37. The molecule has 0 saturated carbocycles. The van der Waals surface area contributed by atoms with Crippen LogP contribution in [0.25, 0.3) is 0 Å². The van der Waals surface area contributed by atoms with Crippen molar-refractivity contribution in [3.8, 4) is 0 Å². The highest BCUT2D eigenvalue weighted by Crippen LogP contribution is 2.25. The Morgan fingerprint density at radius 3 is 2.22 bits per heavy atom. The van der Waals surface area contributed by atoms with Gasteiger partial charge in [-0.15, -0.1) is 0 Å². The van der Waals surface area contributed by atoms with Crippen molar-refractivity contribution in [1.29, 1.82) is 0 Å². The summed E-state index contributed by atoms with van der Waals surface area (Å²) >= 11 is 0. The molecule has 102 valence electrons. The lowest BCUT2D eigenvalue weighted by Crippen LogP contribution is -2.37. The van der Waals surface area contributed by atoms with Crippen LogP contribution in [0.5, 0.6) is 0 Å². The molecule has 0 fully saturated rings. The molecule has 0 unspecified atom stereocenters. The van der Waals surface area contributed by atoms with Gasteiger partial charge in [-0.1, -0.05) is 41.0 Å². The van der Waals surface area contributed by atoms with Gasteiger partial charge in [-0.2, -0.15) is 0 Å². The van der Waals surface area contributed by atoms with Crippen LogP contribution in [0.2, 0.25) is 0 Å². The Kier molecular flexibility index (Phi) is 5.27. The molecule has 0 aliphatic carbocycles. The van der Waals surface area contributed by atoms with Gasteiger partial charge in [-0.05, 0) is 31.2 Å². The molecule has 0 atom stereocenters. The Labute approximate surface area is 111 Å². The van der Waals surface area contributed by atoms with E-state index in [0.29, 0.717) is 5.92 Å². The van der Waals surface area contributed by atoms with E-state index in [2.05, 4.69) is 45.7 Å². The van der Waals surface area contributed by atoms with Crippen LogP contribution < -0.4 is 5.73 Å². The van der Waals surface area contributed by atoms with E-state index >= 15 is 0 Å². The normalized spacial score (nSPS) is 12.2. The summed E-state index contributed by atoms with van der Waals surface area (Å²) in [6, 6.07) is 2.13. The molecule has 0 radical (unpaired) electrons. The molecule has 18 heavy (non-hydrogen) atoms. The average molecular weight is 249 g/mol. The number of nitrogens with two attached hydrogens (primary N) is 1. The molecule has 0 aliphatic heterocycles. The van der Waals surface area contributed by atoms with Gasteiger partial charge in [0.15, 0.2) is 0 Å². The summed E-state index contributed by atoms with van der Waals surface area (Å²) in [5.41, 5.74) is 8.28. The zero-order chi connectivity index (χ0) is 13.8. The molecular weight excluding hydrogens is 222 g/mol. The lowest BCUT2D eigenvalue weighted by atomic mass is 9.92. The Bertz CT molecular complexity index is 381. The molecule has 2 N–H and O–H groups in total. The van der Waals surface area contributed by atoms with Gasteiger partial charge in [0.1, 0.15) is 5.82 Å². The quantitative estimate of drug-likeness (QED) is 0.839. The molecular formula is C15H27N3. The third-order valence-corrected chi connectivity index (χ3v) is 3.60. The summed E-state index contributed by atoms with van der Waals surface area (Å²) in [4.78, 5) is 9.38. The standard InChI is InChI=1S/C15H27N3/c1-6-9-12-10-13(11(4)5)18-14(17-12)15(16,7-2)8-3/h10-11H,6-9,16H2,1-5H3. The van der Waals surface area contributed by atoms with Gasteiger partial charge in [0.05, 0.1) is 5.54 Å². The lowest BCUT2D eigenvalue weighted by molar-refractivity contribution is 0.383. The summed E-state index contributed by atoms with van der Waals surface area (Å²) in [6.45, 7) is 10.7. The fourth-order valence-electron chi connectivity index (χ4n) is 1.99. The van der Waals surface area contributed by atoms with Gasteiger partial charge in [0.2, 0.25) is 0 Å². The maximum atomic E-state index is 6.43. The monoisotopic (exact) mass is 249 g/mol. The third-order valence-electron chi connectivity index (χ3n) is 3.60. The Morgan fingerprint density at radius 1 is 1.17 bits per heavy atom. The highest BCUT2D eigenvalue weighted by Gasteiger charge is 2.27. The molecule has 3 heteroatoms. The van der Waals surface area contributed by atoms with Crippen molar-refractivity contribution in [2.45, 2.75) is 71.8 Å². The Balaban J connectivity index is 3.25. The van der Waals surface area contributed by atoms with Gasteiger partial charge in [-0.3, -0.25) is 0 Å². The van der Waals surface area contributed by atoms with E-state index in [4.69, 9.17) is 10.7 Å². The molecule has 0 amide bonds. The van der Waals surface area contributed by atoms with E-state index in [1.807, 2.05) is 0 Å². The zero-order valence-corrected chi connectivity index (χ0v) is 12.5. The van der Waals surface area contributed by atoms with E-state index in [-0.39, 0.29) is 5.54 Å². The third kappa shape index (κ3) is 3.29. The van der Waals surface area contributed by atoms with Crippen LogP contribution in [0, 0.1) is 0 Å².